The van der Waals surface area contributed by atoms with E-state index in [4.69, 9.17) is 21.1 Å². The molecule has 0 saturated carbocycles. The van der Waals surface area contributed by atoms with Crippen molar-refractivity contribution in [1.29, 1.82) is 0 Å². The Morgan fingerprint density at radius 3 is 2.61 bits per heavy atom. The van der Waals surface area contributed by atoms with Gasteiger partial charge < -0.3 is 14.8 Å². The number of para-hydroxylation sites is 1. The molecule has 0 saturated heterocycles. The topological polar surface area (TPSA) is 67.9 Å². The zero-order chi connectivity index (χ0) is 23.2. The van der Waals surface area contributed by atoms with Gasteiger partial charge in [-0.05, 0) is 73.4 Å². The SMILES string of the molecule is CCOC(=O)Cc1ccc(Oc2ccc(NC(=O)N3CCCc4ccccc43)cc2)c(Cl)c1. The number of benzene rings is 3. The average Bonchev–Trinajstić information content (AvgIpc) is 2.82. The van der Waals surface area contributed by atoms with E-state index in [1.54, 1.807) is 54.3 Å². The first kappa shape index (κ1) is 22.7. The molecule has 0 fully saturated rings. The van der Waals surface area contributed by atoms with Crippen LogP contribution in [-0.2, 0) is 22.4 Å². The summed E-state index contributed by atoms with van der Waals surface area (Å²) in [7, 11) is 0. The largest absolute Gasteiger partial charge is 0.466 e. The van der Waals surface area contributed by atoms with Crippen LogP contribution in [0.25, 0.3) is 0 Å². The second-order valence-electron chi connectivity index (χ2n) is 7.69. The fraction of sp³-hybridized carbons (Fsp3) is 0.231. The number of anilines is 2. The molecule has 6 nitrogen and oxygen atoms in total. The van der Waals surface area contributed by atoms with Gasteiger partial charge in [0.1, 0.15) is 11.5 Å². The van der Waals surface area contributed by atoms with Crippen molar-refractivity contribution < 1.29 is 19.1 Å². The van der Waals surface area contributed by atoms with E-state index in [0.717, 1.165) is 24.1 Å². The first-order chi connectivity index (χ1) is 16.0. The van der Waals surface area contributed by atoms with Crippen LogP contribution in [0.2, 0.25) is 5.02 Å². The minimum absolute atomic E-state index is 0.156. The predicted octanol–water partition coefficient (Wildman–Crippen LogP) is 6.22. The Hall–Kier alpha value is -3.51. The third-order valence-electron chi connectivity index (χ3n) is 5.34. The predicted molar refractivity (Wildman–Crippen MR) is 129 cm³/mol. The summed E-state index contributed by atoms with van der Waals surface area (Å²) >= 11 is 6.33. The lowest BCUT2D eigenvalue weighted by atomic mass is 10.0. The Morgan fingerprint density at radius 2 is 1.85 bits per heavy atom. The van der Waals surface area contributed by atoms with Crippen LogP contribution in [0, 0.1) is 0 Å². The van der Waals surface area contributed by atoms with E-state index in [2.05, 4.69) is 11.4 Å². The number of halogens is 1. The first-order valence-corrected chi connectivity index (χ1v) is 11.3. The van der Waals surface area contributed by atoms with E-state index in [9.17, 15) is 9.59 Å². The van der Waals surface area contributed by atoms with Crippen molar-refractivity contribution in [2.75, 3.05) is 23.4 Å². The van der Waals surface area contributed by atoms with Gasteiger partial charge in [0.15, 0.2) is 0 Å². The van der Waals surface area contributed by atoms with Crippen LogP contribution in [-0.4, -0.2) is 25.2 Å². The molecule has 0 radical (unpaired) electrons. The number of nitrogens with zero attached hydrogens (tertiary/aromatic N) is 1. The van der Waals surface area contributed by atoms with Gasteiger partial charge in [-0.25, -0.2) is 4.79 Å². The molecule has 3 aromatic carbocycles. The van der Waals surface area contributed by atoms with Crippen molar-refractivity contribution in [3.8, 4) is 11.5 Å². The molecule has 0 aliphatic carbocycles. The highest BCUT2D eigenvalue weighted by molar-refractivity contribution is 6.32. The minimum atomic E-state index is -0.298. The molecule has 7 heteroatoms. The van der Waals surface area contributed by atoms with Crippen molar-refractivity contribution in [1.82, 2.24) is 0 Å². The highest BCUT2D eigenvalue weighted by atomic mass is 35.5. The van der Waals surface area contributed by atoms with Gasteiger partial charge in [-0.3, -0.25) is 9.69 Å². The number of aryl methyl sites for hydroxylation is 1. The Balaban J connectivity index is 1.38. The smallest absolute Gasteiger partial charge is 0.326 e. The number of amides is 2. The molecule has 0 spiro atoms. The monoisotopic (exact) mass is 464 g/mol. The molecule has 1 aliphatic heterocycles. The number of rotatable bonds is 6. The summed E-state index contributed by atoms with van der Waals surface area (Å²) in [4.78, 5) is 26.3. The summed E-state index contributed by atoms with van der Waals surface area (Å²) in [5, 5.41) is 3.35. The number of fused-ring (bicyclic) bond motifs is 1. The Bertz CT molecular complexity index is 1150. The maximum absolute atomic E-state index is 12.8. The van der Waals surface area contributed by atoms with Crippen LogP contribution in [0.3, 0.4) is 0 Å². The van der Waals surface area contributed by atoms with Crippen LogP contribution < -0.4 is 15.0 Å². The zero-order valence-electron chi connectivity index (χ0n) is 18.3. The van der Waals surface area contributed by atoms with Gasteiger partial charge in [0.2, 0.25) is 0 Å². The molecule has 4 rings (SSSR count). The first-order valence-electron chi connectivity index (χ1n) is 10.9. The van der Waals surface area contributed by atoms with E-state index in [1.807, 2.05) is 18.2 Å². The number of hydrogen-bond acceptors (Lipinski definition) is 4. The second-order valence-corrected chi connectivity index (χ2v) is 8.09. The van der Waals surface area contributed by atoms with Crippen LogP contribution in [0.4, 0.5) is 16.2 Å². The summed E-state index contributed by atoms with van der Waals surface area (Å²) < 4.78 is 10.8. The minimum Gasteiger partial charge on any atom is -0.466 e. The van der Waals surface area contributed by atoms with Crippen molar-refractivity contribution in [3.63, 3.8) is 0 Å². The van der Waals surface area contributed by atoms with E-state index in [1.165, 1.54) is 5.56 Å². The van der Waals surface area contributed by atoms with Crippen LogP contribution in [0.5, 0.6) is 11.5 Å². The van der Waals surface area contributed by atoms with Crippen LogP contribution in [0.1, 0.15) is 24.5 Å². The molecule has 1 aliphatic rings. The number of carbonyl (C=O) groups excluding carboxylic acids is 2. The molecule has 2 amide bonds. The summed E-state index contributed by atoms with van der Waals surface area (Å²) in [6.07, 6.45) is 2.08. The number of esters is 1. The number of hydrogen-bond donors (Lipinski definition) is 1. The van der Waals surface area contributed by atoms with Crippen molar-refractivity contribution >= 4 is 35.0 Å². The summed E-state index contributed by atoms with van der Waals surface area (Å²) in [6, 6.07) is 20.1. The lowest BCUT2D eigenvalue weighted by Crippen LogP contribution is -2.38. The van der Waals surface area contributed by atoms with Gasteiger partial charge in [0.25, 0.3) is 0 Å². The van der Waals surface area contributed by atoms with Gasteiger partial charge >= 0.3 is 12.0 Å². The highest BCUT2D eigenvalue weighted by Crippen LogP contribution is 2.31. The maximum atomic E-state index is 12.8. The van der Waals surface area contributed by atoms with Gasteiger partial charge in [-0.2, -0.15) is 0 Å². The van der Waals surface area contributed by atoms with Gasteiger partial charge in [0, 0.05) is 17.9 Å². The van der Waals surface area contributed by atoms with Crippen LogP contribution in [0.15, 0.2) is 66.7 Å². The van der Waals surface area contributed by atoms with E-state index in [0.29, 0.717) is 35.4 Å². The molecule has 3 aromatic rings. The average molecular weight is 465 g/mol. The lowest BCUT2D eigenvalue weighted by Gasteiger charge is -2.29. The second kappa shape index (κ2) is 10.4. The maximum Gasteiger partial charge on any atom is 0.326 e. The van der Waals surface area contributed by atoms with E-state index in [-0.39, 0.29) is 18.4 Å². The third-order valence-corrected chi connectivity index (χ3v) is 5.63. The normalized spacial score (nSPS) is 12.6. The Labute approximate surface area is 198 Å². The number of urea groups is 1. The van der Waals surface area contributed by atoms with Gasteiger partial charge in [0.05, 0.1) is 18.1 Å². The molecule has 0 atom stereocenters. The highest BCUT2D eigenvalue weighted by Gasteiger charge is 2.22. The summed E-state index contributed by atoms with van der Waals surface area (Å²) in [5.74, 6) is 0.759. The Kier molecular flexibility index (Phi) is 7.15. The molecular weight excluding hydrogens is 440 g/mol. The summed E-state index contributed by atoms with van der Waals surface area (Å²) in [5.41, 5.74) is 3.57. The number of ether oxygens (including phenoxy) is 2. The van der Waals surface area contributed by atoms with Crippen molar-refractivity contribution in [3.05, 3.63) is 82.9 Å². The standard InChI is InChI=1S/C26H25ClN2O4/c1-2-32-25(30)17-18-9-14-24(22(27)16-18)33-21-12-10-20(11-13-21)28-26(31)29-15-5-7-19-6-3-4-8-23(19)29/h3-4,6,8-14,16H,2,5,7,15,17H2,1H3,(H,28,31). The van der Waals surface area contributed by atoms with Crippen molar-refractivity contribution in [2.24, 2.45) is 0 Å². The molecule has 1 heterocycles. The molecule has 170 valence electrons. The molecule has 33 heavy (non-hydrogen) atoms. The molecule has 1 N–H and O–H groups in total. The van der Waals surface area contributed by atoms with E-state index >= 15 is 0 Å². The third kappa shape index (κ3) is 5.65. The van der Waals surface area contributed by atoms with Gasteiger partial charge in [-0.1, -0.05) is 35.9 Å². The number of carbonyl (C=O) groups is 2. The van der Waals surface area contributed by atoms with E-state index < -0.39 is 0 Å². The zero-order valence-corrected chi connectivity index (χ0v) is 19.1. The van der Waals surface area contributed by atoms with Crippen LogP contribution >= 0.6 is 11.6 Å². The molecular formula is C26H25ClN2O4. The quantitative estimate of drug-likeness (QED) is 0.439. The summed E-state index contributed by atoms with van der Waals surface area (Å²) in [6.45, 7) is 2.80. The number of nitrogens with one attached hydrogen (secondary N) is 1. The fourth-order valence-electron chi connectivity index (χ4n) is 3.78. The lowest BCUT2D eigenvalue weighted by molar-refractivity contribution is -0.142. The van der Waals surface area contributed by atoms with Crippen molar-refractivity contribution in [2.45, 2.75) is 26.2 Å². The fourth-order valence-corrected chi connectivity index (χ4v) is 4.03. The molecule has 0 unspecified atom stereocenters. The van der Waals surface area contributed by atoms with Gasteiger partial charge in [-0.15, -0.1) is 0 Å². The Morgan fingerprint density at radius 1 is 1.06 bits per heavy atom. The molecule has 0 aromatic heterocycles. The molecule has 0 bridgehead atoms.